The summed E-state index contributed by atoms with van der Waals surface area (Å²) in [7, 11) is 0. The highest BCUT2D eigenvalue weighted by molar-refractivity contribution is 6.42. The number of hydrogen-bond donors (Lipinski definition) is 1. The zero-order valence-corrected chi connectivity index (χ0v) is 16.8. The summed E-state index contributed by atoms with van der Waals surface area (Å²) >= 11 is 12.0. The highest BCUT2D eigenvalue weighted by atomic mass is 35.5. The molecule has 4 aromatic rings. The first-order valence-corrected chi connectivity index (χ1v) is 9.71. The molecule has 0 aliphatic carbocycles. The third kappa shape index (κ3) is 4.88. The predicted molar refractivity (Wildman–Crippen MR) is 116 cm³/mol. The topological polar surface area (TPSA) is 56.1 Å². The van der Waals surface area contributed by atoms with Crippen LogP contribution in [0.15, 0.2) is 72.9 Å². The number of ether oxygens (including phenoxy) is 1. The molecule has 0 saturated carbocycles. The van der Waals surface area contributed by atoms with E-state index >= 15 is 0 Å². The van der Waals surface area contributed by atoms with Crippen LogP contribution in [0.25, 0.3) is 10.8 Å². The first kappa shape index (κ1) is 19.3. The SMILES string of the molecule is O=C(COc1ccc2ccccc2c1)Nc1ccn(Cc2ccc(Cl)c(Cl)c2)n1. The number of rotatable bonds is 6. The van der Waals surface area contributed by atoms with Crippen molar-refractivity contribution in [1.29, 1.82) is 0 Å². The Labute approximate surface area is 177 Å². The zero-order valence-electron chi connectivity index (χ0n) is 15.3. The Morgan fingerprint density at radius 1 is 0.966 bits per heavy atom. The molecule has 3 aromatic carbocycles. The molecular formula is C22H17Cl2N3O2. The standard InChI is InChI=1S/C22H17Cl2N3O2/c23-19-8-5-15(11-20(19)24)13-27-10-9-21(26-27)25-22(28)14-29-18-7-6-16-3-1-2-4-17(16)12-18/h1-12H,13-14H2,(H,25,26,28). The molecule has 0 aliphatic heterocycles. The van der Waals surface area contributed by atoms with Crippen molar-refractivity contribution in [3.63, 3.8) is 0 Å². The summed E-state index contributed by atoms with van der Waals surface area (Å²) < 4.78 is 7.31. The van der Waals surface area contributed by atoms with Crippen LogP contribution in [0.3, 0.4) is 0 Å². The second-order valence-corrected chi connectivity index (χ2v) is 7.31. The quantitative estimate of drug-likeness (QED) is 0.449. The fourth-order valence-electron chi connectivity index (χ4n) is 2.93. The first-order valence-electron chi connectivity index (χ1n) is 8.96. The van der Waals surface area contributed by atoms with Crippen molar-refractivity contribution >= 4 is 45.7 Å². The molecule has 0 saturated heterocycles. The molecule has 7 heteroatoms. The molecule has 1 aromatic heterocycles. The molecule has 146 valence electrons. The minimum Gasteiger partial charge on any atom is -0.484 e. The molecular weight excluding hydrogens is 409 g/mol. The van der Waals surface area contributed by atoms with E-state index in [4.69, 9.17) is 27.9 Å². The Morgan fingerprint density at radius 3 is 2.62 bits per heavy atom. The van der Waals surface area contributed by atoms with Gasteiger partial charge >= 0.3 is 0 Å². The maximum atomic E-state index is 12.2. The molecule has 0 unspecified atom stereocenters. The number of carbonyl (C=O) groups excluding carboxylic acids is 1. The third-order valence-corrected chi connectivity index (χ3v) is 5.07. The first-order chi connectivity index (χ1) is 14.1. The van der Waals surface area contributed by atoms with E-state index in [9.17, 15) is 4.79 Å². The highest BCUT2D eigenvalue weighted by Crippen LogP contribution is 2.23. The fourth-order valence-corrected chi connectivity index (χ4v) is 3.25. The van der Waals surface area contributed by atoms with Crippen LogP contribution in [0.4, 0.5) is 5.82 Å². The molecule has 0 atom stereocenters. The molecule has 1 amide bonds. The Morgan fingerprint density at radius 2 is 1.79 bits per heavy atom. The minimum atomic E-state index is -0.280. The van der Waals surface area contributed by atoms with Gasteiger partial charge in [0.2, 0.25) is 0 Å². The summed E-state index contributed by atoms with van der Waals surface area (Å²) in [5.41, 5.74) is 0.958. The number of benzene rings is 3. The second kappa shape index (κ2) is 8.55. The number of fused-ring (bicyclic) bond motifs is 1. The summed E-state index contributed by atoms with van der Waals surface area (Å²) in [6.07, 6.45) is 1.78. The van der Waals surface area contributed by atoms with Crippen LogP contribution in [0.1, 0.15) is 5.56 Å². The van der Waals surface area contributed by atoms with Gasteiger partial charge in [-0.25, -0.2) is 0 Å². The van der Waals surface area contributed by atoms with E-state index in [-0.39, 0.29) is 12.5 Å². The molecule has 0 spiro atoms. The minimum absolute atomic E-state index is 0.0992. The van der Waals surface area contributed by atoms with Gasteiger partial charge in [0.05, 0.1) is 16.6 Å². The molecule has 1 heterocycles. The number of nitrogens with zero attached hydrogens (tertiary/aromatic N) is 2. The van der Waals surface area contributed by atoms with Gasteiger partial charge in [-0.15, -0.1) is 0 Å². The maximum Gasteiger partial charge on any atom is 0.263 e. The second-order valence-electron chi connectivity index (χ2n) is 6.49. The van der Waals surface area contributed by atoms with Crippen LogP contribution >= 0.6 is 23.2 Å². The predicted octanol–water partition coefficient (Wildman–Crippen LogP) is 5.41. The zero-order chi connectivity index (χ0) is 20.2. The van der Waals surface area contributed by atoms with E-state index in [1.807, 2.05) is 48.5 Å². The molecule has 0 bridgehead atoms. The average molecular weight is 426 g/mol. The lowest BCUT2D eigenvalue weighted by molar-refractivity contribution is -0.118. The van der Waals surface area contributed by atoms with E-state index in [1.54, 1.807) is 29.1 Å². The van der Waals surface area contributed by atoms with Gasteiger partial charge in [0, 0.05) is 12.3 Å². The van der Waals surface area contributed by atoms with Crippen molar-refractivity contribution in [3.05, 3.63) is 88.5 Å². The van der Waals surface area contributed by atoms with Crippen molar-refractivity contribution < 1.29 is 9.53 Å². The number of carbonyl (C=O) groups is 1. The third-order valence-electron chi connectivity index (χ3n) is 4.33. The molecule has 4 rings (SSSR count). The maximum absolute atomic E-state index is 12.2. The van der Waals surface area contributed by atoms with Gasteiger partial charge in [0.25, 0.3) is 5.91 Å². The van der Waals surface area contributed by atoms with E-state index in [0.717, 1.165) is 16.3 Å². The van der Waals surface area contributed by atoms with Crippen LogP contribution in [0, 0.1) is 0 Å². The average Bonchev–Trinajstić information content (AvgIpc) is 3.15. The Hall–Kier alpha value is -3.02. The normalized spacial score (nSPS) is 10.8. The number of hydrogen-bond acceptors (Lipinski definition) is 3. The van der Waals surface area contributed by atoms with Gasteiger partial charge in [-0.2, -0.15) is 5.10 Å². The van der Waals surface area contributed by atoms with Gasteiger partial charge in [-0.3, -0.25) is 9.48 Å². The van der Waals surface area contributed by atoms with Gasteiger partial charge in [0.1, 0.15) is 5.75 Å². The molecule has 29 heavy (non-hydrogen) atoms. The Kier molecular flexibility index (Phi) is 5.69. The number of halogens is 2. The van der Waals surface area contributed by atoms with Crippen LogP contribution in [-0.2, 0) is 11.3 Å². The van der Waals surface area contributed by atoms with Crippen LogP contribution in [0.2, 0.25) is 10.0 Å². The smallest absolute Gasteiger partial charge is 0.263 e. The van der Waals surface area contributed by atoms with E-state index in [2.05, 4.69) is 10.4 Å². The van der Waals surface area contributed by atoms with Crippen molar-refractivity contribution in [2.24, 2.45) is 0 Å². The molecule has 0 fully saturated rings. The Balaban J connectivity index is 1.33. The Bertz CT molecular complexity index is 1170. The highest BCUT2D eigenvalue weighted by Gasteiger charge is 2.08. The molecule has 1 N–H and O–H groups in total. The lowest BCUT2D eigenvalue weighted by Crippen LogP contribution is -2.20. The number of nitrogens with one attached hydrogen (secondary N) is 1. The monoisotopic (exact) mass is 425 g/mol. The molecule has 5 nitrogen and oxygen atoms in total. The van der Waals surface area contributed by atoms with Gasteiger partial charge in [-0.1, -0.05) is 59.6 Å². The van der Waals surface area contributed by atoms with E-state index in [0.29, 0.717) is 28.2 Å². The van der Waals surface area contributed by atoms with E-state index < -0.39 is 0 Å². The molecule has 0 radical (unpaired) electrons. The van der Waals surface area contributed by atoms with Crippen molar-refractivity contribution in [2.75, 3.05) is 11.9 Å². The van der Waals surface area contributed by atoms with Crippen LogP contribution < -0.4 is 10.1 Å². The summed E-state index contributed by atoms with van der Waals surface area (Å²) in [6, 6.07) is 20.9. The summed E-state index contributed by atoms with van der Waals surface area (Å²) in [4.78, 5) is 12.2. The fraction of sp³-hybridized carbons (Fsp3) is 0.0909. The summed E-state index contributed by atoms with van der Waals surface area (Å²) in [6.45, 7) is 0.415. The number of aromatic nitrogens is 2. The summed E-state index contributed by atoms with van der Waals surface area (Å²) in [5.74, 6) is 0.819. The van der Waals surface area contributed by atoms with Gasteiger partial charge in [-0.05, 0) is 40.6 Å². The van der Waals surface area contributed by atoms with Gasteiger partial charge < -0.3 is 10.1 Å². The number of amides is 1. The largest absolute Gasteiger partial charge is 0.484 e. The van der Waals surface area contributed by atoms with E-state index in [1.165, 1.54) is 0 Å². The van der Waals surface area contributed by atoms with Crippen LogP contribution in [0.5, 0.6) is 5.75 Å². The van der Waals surface area contributed by atoms with Crippen molar-refractivity contribution in [1.82, 2.24) is 9.78 Å². The summed E-state index contributed by atoms with van der Waals surface area (Å²) in [5, 5.41) is 10.3. The lowest BCUT2D eigenvalue weighted by atomic mass is 10.1. The van der Waals surface area contributed by atoms with Crippen molar-refractivity contribution in [3.8, 4) is 5.75 Å². The van der Waals surface area contributed by atoms with Crippen LogP contribution in [-0.4, -0.2) is 22.3 Å². The van der Waals surface area contributed by atoms with Crippen molar-refractivity contribution in [2.45, 2.75) is 6.54 Å². The lowest BCUT2D eigenvalue weighted by Gasteiger charge is -2.07. The molecule has 0 aliphatic rings. The number of anilines is 1. The van der Waals surface area contributed by atoms with Gasteiger partial charge in [0.15, 0.2) is 12.4 Å².